The molecule has 0 aliphatic rings. The maximum absolute atomic E-state index is 13.4. The number of hydrogen-bond donors (Lipinski definition) is 1. The third-order valence-corrected chi connectivity index (χ3v) is 2.77. The lowest BCUT2D eigenvalue weighted by Gasteiger charge is -2.13. The SMILES string of the molecule is CCOc1ccccc1-c1cc(F)ccc1CN. The molecule has 0 heterocycles. The van der Waals surface area contributed by atoms with Crippen LogP contribution in [0.25, 0.3) is 11.1 Å². The van der Waals surface area contributed by atoms with Gasteiger partial charge in [0.15, 0.2) is 0 Å². The minimum absolute atomic E-state index is 0.270. The molecule has 2 aromatic carbocycles. The van der Waals surface area contributed by atoms with Gasteiger partial charge in [-0.3, -0.25) is 0 Å². The molecule has 2 rings (SSSR count). The lowest BCUT2D eigenvalue weighted by atomic mass is 9.98. The van der Waals surface area contributed by atoms with E-state index in [1.54, 1.807) is 6.07 Å². The summed E-state index contributed by atoms with van der Waals surface area (Å²) in [6.07, 6.45) is 0. The number of para-hydroxylation sites is 1. The van der Waals surface area contributed by atoms with Crippen LogP contribution < -0.4 is 10.5 Å². The largest absolute Gasteiger partial charge is 0.493 e. The zero-order valence-electron chi connectivity index (χ0n) is 10.3. The first-order chi connectivity index (χ1) is 8.76. The van der Waals surface area contributed by atoms with E-state index >= 15 is 0 Å². The number of benzene rings is 2. The molecule has 0 saturated heterocycles. The molecule has 18 heavy (non-hydrogen) atoms. The van der Waals surface area contributed by atoms with E-state index in [4.69, 9.17) is 10.5 Å². The van der Waals surface area contributed by atoms with Crippen molar-refractivity contribution in [1.82, 2.24) is 0 Å². The summed E-state index contributed by atoms with van der Waals surface area (Å²) in [5.41, 5.74) is 8.27. The van der Waals surface area contributed by atoms with Gasteiger partial charge >= 0.3 is 0 Å². The molecule has 2 nitrogen and oxygen atoms in total. The normalized spacial score (nSPS) is 10.4. The molecule has 0 atom stereocenters. The van der Waals surface area contributed by atoms with Gasteiger partial charge in [0, 0.05) is 12.1 Å². The number of hydrogen-bond acceptors (Lipinski definition) is 2. The van der Waals surface area contributed by atoms with Gasteiger partial charge in [-0.05, 0) is 36.2 Å². The fraction of sp³-hybridized carbons (Fsp3) is 0.200. The van der Waals surface area contributed by atoms with E-state index in [-0.39, 0.29) is 5.82 Å². The molecular weight excluding hydrogens is 229 g/mol. The number of ether oxygens (including phenoxy) is 1. The number of halogens is 1. The van der Waals surface area contributed by atoms with Gasteiger partial charge in [0.2, 0.25) is 0 Å². The van der Waals surface area contributed by atoms with Crippen molar-refractivity contribution in [3.05, 3.63) is 53.8 Å². The monoisotopic (exact) mass is 245 g/mol. The van der Waals surface area contributed by atoms with Crippen LogP contribution in [0.1, 0.15) is 12.5 Å². The minimum atomic E-state index is -0.270. The zero-order chi connectivity index (χ0) is 13.0. The van der Waals surface area contributed by atoms with Crippen molar-refractivity contribution in [3.63, 3.8) is 0 Å². The van der Waals surface area contributed by atoms with Crippen LogP contribution in [-0.4, -0.2) is 6.61 Å². The van der Waals surface area contributed by atoms with Crippen LogP contribution in [0, 0.1) is 5.82 Å². The first-order valence-corrected chi connectivity index (χ1v) is 5.97. The molecule has 0 unspecified atom stereocenters. The summed E-state index contributed by atoms with van der Waals surface area (Å²) in [5, 5.41) is 0. The van der Waals surface area contributed by atoms with Gasteiger partial charge in [-0.1, -0.05) is 24.3 Å². The van der Waals surface area contributed by atoms with Crippen molar-refractivity contribution < 1.29 is 9.13 Å². The third kappa shape index (κ3) is 2.51. The highest BCUT2D eigenvalue weighted by molar-refractivity contribution is 5.73. The van der Waals surface area contributed by atoms with Crippen LogP contribution >= 0.6 is 0 Å². The first kappa shape index (κ1) is 12.6. The molecule has 0 saturated carbocycles. The van der Waals surface area contributed by atoms with E-state index in [1.165, 1.54) is 12.1 Å². The molecule has 3 heteroatoms. The van der Waals surface area contributed by atoms with Crippen LogP contribution in [0.4, 0.5) is 4.39 Å². The Kier molecular flexibility index (Phi) is 3.95. The Labute approximate surface area is 106 Å². The summed E-state index contributed by atoms with van der Waals surface area (Å²) in [5.74, 6) is 0.480. The summed E-state index contributed by atoms with van der Waals surface area (Å²) >= 11 is 0. The van der Waals surface area contributed by atoms with Gasteiger partial charge in [0.05, 0.1) is 6.61 Å². The van der Waals surface area contributed by atoms with Crippen molar-refractivity contribution in [1.29, 1.82) is 0 Å². The highest BCUT2D eigenvalue weighted by atomic mass is 19.1. The molecule has 0 aliphatic heterocycles. The summed E-state index contributed by atoms with van der Waals surface area (Å²) in [6.45, 7) is 2.87. The average Bonchev–Trinajstić information content (AvgIpc) is 2.40. The minimum Gasteiger partial charge on any atom is -0.493 e. The predicted octanol–water partition coefficient (Wildman–Crippen LogP) is 3.35. The average molecular weight is 245 g/mol. The second-order valence-electron chi connectivity index (χ2n) is 3.93. The van der Waals surface area contributed by atoms with Crippen molar-refractivity contribution in [2.75, 3.05) is 6.61 Å². The zero-order valence-corrected chi connectivity index (χ0v) is 10.3. The van der Waals surface area contributed by atoms with Crippen LogP contribution in [0.15, 0.2) is 42.5 Å². The summed E-state index contributed by atoms with van der Waals surface area (Å²) in [4.78, 5) is 0. The Bertz CT molecular complexity index is 540. The van der Waals surface area contributed by atoms with Crippen molar-refractivity contribution in [2.45, 2.75) is 13.5 Å². The molecule has 0 fully saturated rings. The van der Waals surface area contributed by atoms with E-state index < -0.39 is 0 Å². The fourth-order valence-electron chi connectivity index (χ4n) is 1.95. The third-order valence-electron chi connectivity index (χ3n) is 2.77. The van der Waals surface area contributed by atoms with E-state index in [0.717, 1.165) is 22.4 Å². The maximum atomic E-state index is 13.4. The smallest absolute Gasteiger partial charge is 0.127 e. The first-order valence-electron chi connectivity index (χ1n) is 5.97. The van der Waals surface area contributed by atoms with Gasteiger partial charge in [0.1, 0.15) is 11.6 Å². The molecule has 0 bridgehead atoms. The molecule has 2 N–H and O–H groups in total. The van der Waals surface area contributed by atoms with Crippen LogP contribution in [0.3, 0.4) is 0 Å². The summed E-state index contributed by atoms with van der Waals surface area (Å²) < 4.78 is 19.0. The second kappa shape index (κ2) is 5.65. The van der Waals surface area contributed by atoms with Crippen molar-refractivity contribution in [3.8, 4) is 16.9 Å². The summed E-state index contributed by atoms with van der Waals surface area (Å²) in [6, 6.07) is 12.2. The fourth-order valence-corrected chi connectivity index (χ4v) is 1.95. The standard InChI is InChI=1S/C15H16FNO/c1-2-18-15-6-4-3-5-13(15)14-9-12(16)8-7-11(14)10-17/h3-9H,2,10,17H2,1H3. The predicted molar refractivity (Wildman–Crippen MR) is 70.9 cm³/mol. The van der Waals surface area contributed by atoms with Crippen LogP contribution in [0.2, 0.25) is 0 Å². The molecule has 0 radical (unpaired) electrons. The summed E-state index contributed by atoms with van der Waals surface area (Å²) in [7, 11) is 0. The van der Waals surface area contributed by atoms with Gasteiger partial charge in [-0.15, -0.1) is 0 Å². The molecule has 0 aromatic heterocycles. The lowest BCUT2D eigenvalue weighted by Crippen LogP contribution is -2.01. The van der Waals surface area contributed by atoms with Crippen LogP contribution in [-0.2, 0) is 6.54 Å². The lowest BCUT2D eigenvalue weighted by molar-refractivity contribution is 0.341. The van der Waals surface area contributed by atoms with Gasteiger partial charge < -0.3 is 10.5 Å². The molecule has 0 spiro atoms. The molecule has 2 aromatic rings. The van der Waals surface area contributed by atoms with E-state index in [0.29, 0.717) is 13.2 Å². The number of nitrogens with two attached hydrogens (primary N) is 1. The molecule has 94 valence electrons. The van der Waals surface area contributed by atoms with E-state index in [2.05, 4.69) is 0 Å². The molecular formula is C15H16FNO. The Morgan fingerprint density at radius 1 is 1.11 bits per heavy atom. The highest BCUT2D eigenvalue weighted by Crippen LogP contribution is 2.32. The Morgan fingerprint density at radius 2 is 1.89 bits per heavy atom. The number of rotatable bonds is 4. The van der Waals surface area contributed by atoms with E-state index in [1.807, 2.05) is 31.2 Å². The topological polar surface area (TPSA) is 35.2 Å². The second-order valence-corrected chi connectivity index (χ2v) is 3.93. The van der Waals surface area contributed by atoms with Crippen molar-refractivity contribution in [2.24, 2.45) is 5.73 Å². The van der Waals surface area contributed by atoms with Crippen LogP contribution in [0.5, 0.6) is 5.75 Å². The van der Waals surface area contributed by atoms with Crippen molar-refractivity contribution >= 4 is 0 Å². The Morgan fingerprint density at radius 3 is 2.61 bits per heavy atom. The Hall–Kier alpha value is -1.87. The quantitative estimate of drug-likeness (QED) is 0.896. The molecule has 0 amide bonds. The van der Waals surface area contributed by atoms with Gasteiger partial charge in [-0.25, -0.2) is 4.39 Å². The Balaban J connectivity index is 2.57. The maximum Gasteiger partial charge on any atom is 0.127 e. The molecule has 0 aliphatic carbocycles. The van der Waals surface area contributed by atoms with E-state index in [9.17, 15) is 4.39 Å². The van der Waals surface area contributed by atoms with Gasteiger partial charge in [-0.2, -0.15) is 0 Å². The highest BCUT2D eigenvalue weighted by Gasteiger charge is 2.10. The van der Waals surface area contributed by atoms with Gasteiger partial charge in [0.25, 0.3) is 0 Å².